The van der Waals surface area contributed by atoms with E-state index in [4.69, 9.17) is 9.47 Å². The van der Waals surface area contributed by atoms with Gasteiger partial charge in [0.1, 0.15) is 11.5 Å². The number of amides is 1. The van der Waals surface area contributed by atoms with E-state index in [1.165, 1.54) is 14.2 Å². The van der Waals surface area contributed by atoms with Crippen molar-refractivity contribution in [3.8, 4) is 11.5 Å². The fourth-order valence-electron chi connectivity index (χ4n) is 7.00. The van der Waals surface area contributed by atoms with E-state index >= 15 is 0 Å². The molecule has 3 heterocycles. The average molecular weight is 551 g/mol. The average Bonchev–Trinajstić information content (AvgIpc) is 3.43. The van der Waals surface area contributed by atoms with E-state index < -0.39 is 28.8 Å². The Morgan fingerprint density at radius 1 is 0.927 bits per heavy atom. The maximum atomic E-state index is 14.9. The maximum Gasteiger partial charge on any atom is 0.238 e. The lowest BCUT2D eigenvalue weighted by molar-refractivity contribution is -0.128. The summed E-state index contributed by atoms with van der Waals surface area (Å²) in [5, 5.41) is 3.07. The summed E-state index contributed by atoms with van der Waals surface area (Å²) < 4.78 is 10.9. The molecule has 0 aromatic heterocycles. The molecule has 3 aromatic rings. The van der Waals surface area contributed by atoms with Crippen molar-refractivity contribution in [2.24, 2.45) is 11.3 Å². The zero-order valence-electron chi connectivity index (χ0n) is 24.1. The number of ether oxygens (including phenoxy) is 2. The molecule has 41 heavy (non-hydrogen) atoms. The summed E-state index contributed by atoms with van der Waals surface area (Å²) in [5.41, 5.74) is 2.44. The third-order valence-corrected chi connectivity index (χ3v) is 8.84. The highest BCUT2D eigenvalue weighted by molar-refractivity contribution is 6.17. The monoisotopic (exact) mass is 550 g/mol. The van der Waals surface area contributed by atoms with Crippen molar-refractivity contribution >= 4 is 34.4 Å². The molecule has 0 saturated carbocycles. The number of hydrogen-bond acceptors (Lipinski definition) is 6. The molecule has 0 unspecified atom stereocenters. The molecule has 1 amide bonds. The van der Waals surface area contributed by atoms with Crippen LogP contribution in [-0.2, 0) is 15.0 Å². The molecule has 7 nitrogen and oxygen atoms in total. The maximum absolute atomic E-state index is 14.9. The first-order chi connectivity index (χ1) is 19.5. The van der Waals surface area contributed by atoms with E-state index in [-0.39, 0.29) is 17.5 Å². The van der Waals surface area contributed by atoms with Crippen LogP contribution in [0.5, 0.6) is 11.5 Å². The summed E-state index contributed by atoms with van der Waals surface area (Å²) in [6.07, 6.45) is 2.06. The van der Waals surface area contributed by atoms with E-state index in [2.05, 4.69) is 11.4 Å². The number of allylic oxidation sites excluding steroid dienone is 1. The number of Topliss-reactive ketones (excluding diaryl/α,β-unsaturated/α-hetero) is 2. The van der Waals surface area contributed by atoms with Crippen molar-refractivity contribution in [1.29, 1.82) is 0 Å². The minimum atomic E-state index is -1.35. The van der Waals surface area contributed by atoms with E-state index in [1.54, 1.807) is 18.2 Å². The minimum Gasteiger partial charge on any atom is -0.493 e. The van der Waals surface area contributed by atoms with Crippen LogP contribution in [0.1, 0.15) is 49.2 Å². The Balaban J connectivity index is 1.68. The summed E-state index contributed by atoms with van der Waals surface area (Å²) in [6, 6.07) is 19.0. The predicted molar refractivity (Wildman–Crippen MR) is 159 cm³/mol. The Labute approximate surface area is 240 Å². The standard InChI is InChI=1S/C34H34N2O5/c1-19-17-27-34(22-12-8-9-13-23(22)35-32(34)39)28(30(37)20-15-16-25(40-5)26(18-20)41-6)29(31(38)33(2,3)4)36(27)24-14-10-7-11-21(19)24/h7-18,27-29H,1-6H3,(H,35,39)/t27-,28+,29+,34-/m1/s1. The molecule has 1 N–H and O–H groups in total. The molecule has 3 aliphatic heterocycles. The number of nitrogens with one attached hydrogen (secondary N) is 1. The van der Waals surface area contributed by atoms with Gasteiger partial charge in [-0.2, -0.15) is 0 Å². The van der Waals surface area contributed by atoms with Gasteiger partial charge in [0.05, 0.1) is 26.2 Å². The van der Waals surface area contributed by atoms with Crippen LogP contribution < -0.4 is 19.7 Å². The van der Waals surface area contributed by atoms with Gasteiger partial charge in [-0.05, 0) is 48.4 Å². The highest BCUT2D eigenvalue weighted by atomic mass is 16.5. The summed E-state index contributed by atoms with van der Waals surface area (Å²) in [5.74, 6) is -0.798. The normalized spacial score (nSPS) is 24.2. The molecule has 1 fully saturated rings. The summed E-state index contributed by atoms with van der Waals surface area (Å²) >= 11 is 0. The zero-order valence-corrected chi connectivity index (χ0v) is 24.1. The SMILES string of the molecule is COc1ccc(C(=O)[C@@H]2[C@@H](C(=O)C(C)(C)C)N3c4ccccc4C(C)=C[C@@H]3[C@@]23C(=O)Nc2ccccc23)cc1OC. The number of hydrogen-bond donors (Lipinski definition) is 1. The number of methoxy groups -OCH3 is 2. The molecule has 0 bridgehead atoms. The Kier molecular flexibility index (Phi) is 6.10. The molecule has 4 atom stereocenters. The minimum absolute atomic E-state index is 0.0989. The second kappa shape index (κ2) is 9.33. The number of carbonyl (C=O) groups is 3. The van der Waals surface area contributed by atoms with Crippen LogP contribution in [0.2, 0.25) is 0 Å². The van der Waals surface area contributed by atoms with Crippen LogP contribution in [0.3, 0.4) is 0 Å². The molecule has 3 aliphatic rings. The van der Waals surface area contributed by atoms with Gasteiger partial charge in [-0.1, -0.05) is 63.2 Å². The van der Waals surface area contributed by atoms with Crippen LogP contribution in [-0.4, -0.2) is 43.8 Å². The van der Waals surface area contributed by atoms with Gasteiger partial charge in [0.25, 0.3) is 0 Å². The number of fused-ring (bicyclic) bond motifs is 6. The summed E-state index contributed by atoms with van der Waals surface area (Å²) in [6.45, 7) is 7.62. The van der Waals surface area contributed by atoms with Gasteiger partial charge in [-0.15, -0.1) is 0 Å². The molecule has 6 rings (SSSR count). The van der Waals surface area contributed by atoms with Crippen molar-refractivity contribution < 1.29 is 23.9 Å². The highest BCUT2D eigenvalue weighted by Gasteiger charge is 2.71. The zero-order chi connectivity index (χ0) is 29.3. The van der Waals surface area contributed by atoms with Gasteiger partial charge >= 0.3 is 0 Å². The van der Waals surface area contributed by atoms with E-state index in [9.17, 15) is 14.4 Å². The Bertz CT molecular complexity index is 1630. The van der Waals surface area contributed by atoms with Crippen LogP contribution in [0, 0.1) is 11.3 Å². The quantitative estimate of drug-likeness (QED) is 0.412. The fraction of sp³-hybridized carbons (Fsp3) is 0.324. The number of benzene rings is 3. The highest BCUT2D eigenvalue weighted by Crippen LogP contribution is 2.59. The van der Waals surface area contributed by atoms with Crippen LogP contribution in [0.4, 0.5) is 11.4 Å². The summed E-state index contributed by atoms with van der Waals surface area (Å²) in [7, 11) is 3.05. The second-order valence-electron chi connectivity index (χ2n) is 12.1. The fourth-order valence-corrected chi connectivity index (χ4v) is 7.00. The Hall–Kier alpha value is -4.39. The van der Waals surface area contributed by atoms with Crippen molar-refractivity contribution in [3.05, 3.63) is 89.5 Å². The van der Waals surface area contributed by atoms with Gasteiger partial charge in [-0.25, -0.2) is 0 Å². The molecule has 1 spiro atoms. The third kappa shape index (κ3) is 3.68. The number of carbonyl (C=O) groups excluding carboxylic acids is 3. The van der Waals surface area contributed by atoms with Gasteiger partial charge in [0, 0.05) is 27.9 Å². The van der Waals surface area contributed by atoms with Crippen molar-refractivity contribution in [2.45, 2.75) is 45.2 Å². The largest absolute Gasteiger partial charge is 0.493 e. The van der Waals surface area contributed by atoms with Crippen LogP contribution in [0.15, 0.2) is 72.8 Å². The molecule has 210 valence electrons. The van der Waals surface area contributed by atoms with Crippen LogP contribution >= 0.6 is 0 Å². The Morgan fingerprint density at radius 2 is 1.61 bits per heavy atom. The van der Waals surface area contributed by atoms with Gasteiger partial charge < -0.3 is 19.7 Å². The van der Waals surface area contributed by atoms with E-state index in [0.29, 0.717) is 22.7 Å². The topological polar surface area (TPSA) is 84.9 Å². The number of para-hydroxylation sites is 2. The molecule has 1 saturated heterocycles. The predicted octanol–water partition coefficient (Wildman–Crippen LogP) is 5.68. The van der Waals surface area contributed by atoms with Gasteiger partial charge in [0.15, 0.2) is 23.1 Å². The number of ketones is 2. The van der Waals surface area contributed by atoms with E-state index in [0.717, 1.165) is 22.4 Å². The van der Waals surface area contributed by atoms with Gasteiger partial charge in [0.2, 0.25) is 5.91 Å². The lowest BCUT2D eigenvalue weighted by Gasteiger charge is -2.39. The first-order valence-electron chi connectivity index (χ1n) is 13.8. The third-order valence-electron chi connectivity index (χ3n) is 8.84. The van der Waals surface area contributed by atoms with Crippen molar-refractivity contribution in [3.63, 3.8) is 0 Å². The molecule has 0 aliphatic carbocycles. The number of nitrogens with zero attached hydrogens (tertiary/aromatic N) is 1. The number of rotatable bonds is 5. The molecular weight excluding hydrogens is 516 g/mol. The summed E-state index contributed by atoms with van der Waals surface area (Å²) in [4.78, 5) is 46.0. The molecular formula is C34H34N2O5. The smallest absolute Gasteiger partial charge is 0.238 e. The molecule has 7 heteroatoms. The Morgan fingerprint density at radius 3 is 2.32 bits per heavy atom. The number of anilines is 2. The van der Waals surface area contributed by atoms with Crippen LogP contribution in [0.25, 0.3) is 5.57 Å². The van der Waals surface area contributed by atoms with Crippen molar-refractivity contribution in [1.82, 2.24) is 0 Å². The first-order valence-corrected chi connectivity index (χ1v) is 13.8. The lowest BCUT2D eigenvalue weighted by Crippen LogP contribution is -2.51. The van der Waals surface area contributed by atoms with Gasteiger partial charge in [-0.3, -0.25) is 14.4 Å². The second-order valence-corrected chi connectivity index (χ2v) is 12.1. The first kappa shape index (κ1) is 26.8. The molecule has 3 aromatic carbocycles. The molecule has 0 radical (unpaired) electrons. The lowest BCUT2D eigenvalue weighted by atomic mass is 9.63. The van der Waals surface area contributed by atoms with E-state index in [1.807, 2.05) is 81.1 Å². The van der Waals surface area contributed by atoms with Crippen molar-refractivity contribution in [2.75, 3.05) is 24.4 Å².